The number of pyridine rings is 1. The average molecular weight is 480 g/mol. The van der Waals surface area contributed by atoms with Crippen LogP contribution in [0.2, 0.25) is 0 Å². The molecule has 7 nitrogen and oxygen atoms in total. The molecule has 0 bridgehead atoms. The van der Waals surface area contributed by atoms with Crippen LogP contribution in [0.5, 0.6) is 0 Å². The van der Waals surface area contributed by atoms with Crippen molar-refractivity contribution >= 4 is 22.6 Å². The number of carbonyl (C=O) groups is 1. The third kappa shape index (κ3) is 4.90. The lowest BCUT2D eigenvalue weighted by molar-refractivity contribution is 0.0739. The first kappa shape index (κ1) is 23.8. The number of aromatic nitrogens is 2. The highest BCUT2D eigenvalue weighted by molar-refractivity contribution is 5.98. The van der Waals surface area contributed by atoms with Crippen LogP contribution in [0.1, 0.15) is 59.3 Å². The molecule has 0 aliphatic carbocycles. The fraction of sp³-hybridized carbons (Fsp3) is 0.481. The van der Waals surface area contributed by atoms with E-state index < -0.39 is 0 Å². The van der Waals surface area contributed by atoms with Gasteiger partial charge in [-0.25, -0.2) is 9.37 Å². The number of aliphatic hydroxyl groups is 1. The van der Waals surface area contributed by atoms with Gasteiger partial charge in [-0.2, -0.15) is 0 Å². The molecule has 2 aromatic heterocycles. The Bertz CT molecular complexity index is 1220. The number of H-pyrrole nitrogens is 1. The van der Waals surface area contributed by atoms with Crippen LogP contribution in [-0.4, -0.2) is 70.1 Å². The van der Waals surface area contributed by atoms with Crippen LogP contribution in [0.4, 0.5) is 10.2 Å². The number of carbonyl (C=O) groups excluding carboxylic acids is 1. The van der Waals surface area contributed by atoms with Crippen LogP contribution in [-0.2, 0) is 13.0 Å². The van der Waals surface area contributed by atoms with Gasteiger partial charge in [-0.15, -0.1) is 0 Å². The smallest absolute Gasteiger partial charge is 0.270 e. The Morgan fingerprint density at radius 1 is 1.29 bits per heavy atom. The summed E-state index contributed by atoms with van der Waals surface area (Å²) in [5.41, 5.74) is 4.21. The van der Waals surface area contributed by atoms with Gasteiger partial charge in [0.1, 0.15) is 5.69 Å². The second-order valence-corrected chi connectivity index (χ2v) is 9.96. The number of aliphatic hydroxyl groups excluding tert-OH is 1. The van der Waals surface area contributed by atoms with Gasteiger partial charge in [0, 0.05) is 49.3 Å². The van der Waals surface area contributed by atoms with Gasteiger partial charge in [-0.1, -0.05) is 12.1 Å². The van der Waals surface area contributed by atoms with Crippen molar-refractivity contribution in [3.05, 3.63) is 58.7 Å². The highest BCUT2D eigenvalue weighted by atomic mass is 19.1. The number of benzene rings is 1. The van der Waals surface area contributed by atoms with Gasteiger partial charge < -0.3 is 25.2 Å². The predicted molar refractivity (Wildman–Crippen MR) is 135 cm³/mol. The van der Waals surface area contributed by atoms with E-state index in [0.717, 1.165) is 55.4 Å². The van der Waals surface area contributed by atoms with Gasteiger partial charge >= 0.3 is 0 Å². The molecule has 0 saturated carbocycles. The van der Waals surface area contributed by atoms with Crippen LogP contribution < -0.4 is 5.32 Å². The van der Waals surface area contributed by atoms with Gasteiger partial charge in [0.25, 0.3) is 5.91 Å². The zero-order valence-corrected chi connectivity index (χ0v) is 20.5. The fourth-order valence-electron chi connectivity index (χ4n) is 5.53. The molecule has 2 aliphatic rings. The van der Waals surface area contributed by atoms with Crippen molar-refractivity contribution in [3.8, 4) is 0 Å². The van der Waals surface area contributed by atoms with Gasteiger partial charge in [-0.3, -0.25) is 4.79 Å². The van der Waals surface area contributed by atoms with E-state index in [1.165, 1.54) is 5.56 Å². The van der Waals surface area contributed by atoms with Gasteiger partial charge in [-0.05, 0) is 74.9 Å². The number of likely N-dealkylation sites (tertiary alicyclic amines) is 1. The molecule has 4 heterocycles. The van der Waals surface area contributed by atoms with E-state index in [9.17, 15) is 14.3 Å². The van der Waals surface area contributed by atoms with Crippen LogP contribution in [0.15, 0.2) is 30.5 Å². The molecule has 2 aliphatic heterocycles. The summed E-state index contributed by atoms with van der Waals surface area (Å²) < 4.78 is 15.0. The summed E-state index contributed by atoms with van der Waals surface area (Å²) in [6.07, 6.45) is 5.03. The molecular weight excluding hydrogens is 445 g/mol. The van der Waals surface area contributed by atoms with Crippen LogP contribution >= 0.6 is 0 Å². The molecule has 186 valence electrons. The topological polar surface area (TPSA) is 84.5 Å². The summed E-state index contributed by atoms with van der Waals surface area (Å²) in [5.74, 6) is 0.217. The number of nitrogens with zero attached hydrogens (tertiary/aromatic N) is 3. The van der Waals surface area contributed by atoms with E-state index in [1.807, 2.05) is 13.0 Å². The molecule has 0 unspecified atom stereocenters. The highest BCUT2D eigenvalue weighted by Gasteiger charge is 2.26. The molecule has 5 rings (SSSR count). The Hall–Kier alpha value is -2.97. The van der Waals surface area contributed by atoms with Gasteiger partial charge in [0.2, 0.25) is 0 Å². The highest BCUT2D eigenvalue weighted by Crippen LogP contribution is 2.31. The number of aryl methyl sites for hydroxylation is 1. The van der Waals surface area contributed by atoms with Gasteiger partial charge in [0.05, 0.1) is 6.10 Å². The minimum absolute atomic E-state index is 0.107. The average Bonchev–Trinajstić information content (AvgIpc) is 3.15. The number of β-amino-alcohol motifs (C(OH)–C–C–N with tert-alkyl or cyclic N) is 1. The molecule has 1 atom stereocenters. The van der Waals surface area contributed by atoms with E-state index in [-0.39, 0.29) is 30.2 Å². The third-order valence-electron chi connectivity index (χ3n) is 7.42. The molecule has 1 fully saturated rings. The first-order valence-corrected chi connectivity index (χ1v) is 12.6. The van der Waals surface area contributed by atoms with Crippen LogP contribution in [0.25, 0.3) is 10.9 Å². The van der Waals surface area contributed by atoms with Crippen molar-refractivity contribution in [2.24, 2.45) is 0 Å². The molecule has 1 aromatic carbocycles. The Balaban J connectivity index is 1.33. The fourth-order valence-corrected chi connectivity index (χ4v) is 5.53. The summed E-state index contributed by atoms with van der Waals surface area (Å²) in [4.78, 5) is 25.0. The molecule has 35 heavy (non-hydrogen) atoms. The Labute approximate surface area is 205 Å². The van der Waals surface area contributed by atoms with E-state index in [0.29, 0.717) is 30.1 Å². The number of aromatic amines is 1. The lowest BCUT2D eigenvalue weighted by Gasteiger charge is -2.32. The lowest BCUT2D eigenvalue weighted by atomic mass is 9.89. The number of anilines is 1. The molecule has 1 amide bonds. The SMILES string of the molecule is CNc1ncc2c(c1F)CN(C(=O)c1cc3ccc(C4CCN(C[C@@H](C)O)CC4)cc3[nH]1)CCC2. The molecule has 3 N–H and O–H groups in total. The van der Waals surface area contributed by atoms with E-state index >= 15 is 0 Å². The van der Waals surface area contributed by atoms with E-state index in [2.05, 4.69) is 38.4 Å². The van der Waals surface area contributed by atoms with Crippen LogP contribution in [0.3, 0.4) is 0 Å². The summed E-state index contributed by atoms with van der Waals surface area (Å²) in [6.45, 7) is 5.35. The second-order valence-electron chi connectivity index (χ2n) is 9.96. The maximum atomic E-state index is 15.0. The van der Waals surface area contributed by atoms with Crippen molar-refractivity contribution in [3.63, 3.8) is 0 Å². The number of piperidine rings is 1. The Morgan fingerprint density at radius 3 is 2.83 bits per heavy atom. The van der Waals surface area contributed by atoms with E-state index in [1.54, 1.807) is 18.1 Å². The number of rotatable bonds is 5. The van der Waals surface area contributed by atoms with Crippen molar-refractivity contribution in [1.82, 2.24) is 19.8 Å². The zero-order chi connectivity index (χ0) is 24.5. The summed E-state index contributed by atoms with van der Waals surface area (Å²) in [5, 5.41) is 13.4. The minimum atomic E-state index is -0.370. The molecule has 8 heteroatoms. The molecular formula is C27H34FN5O2. The second kappa shape index (κ2) is 9.95. The number of halogens is 1. The maximum absolute atomic E-state index is 15.0. The Kier molecular flexibility index (Phi) is 6.75. The lowest BCUT2D eigenvalue weighted by Crippen LogP contribution is -2.37. The Morgan fingerprint density at radius 2 is 2.09 bits per heavy atom. The monoisotopic (exact) mass is 479 g/mol. The summed E-state index contributed by atoms with van der Waals surface area (Å²) in [6, 6.07) is 8.33. The third-order valence-corrected chi connectivity index (χ3v) is 7.42. The van der Waals surface area contributed by atoms with Crippen molar-refractivity contribution in [1.29, 1.82) is 0 Å². The molecule has 3 aromatic rings. The van der Waals surface area contributed by atoms with Crippen molar-refractivity contribution < 1.29 is 14.3 Å². The number of hydrogen-bond acceptors (Lipinski definition) is 5. The maximum Gasteiger partial charge on any atom is 0.270 e. The predicted octanol–water partition coefficient (Wildman–Crippen LogP) is 3.89. The normalized spacial score (nSPS) is 18.3. The largest absolute Gasteiger partial charge is 0.392 e. The summed E-state index contributed by atoms with van der Waals surface area (Å²) in [7, 11) is 1.65. The van der Waals surface area contributed by atoms with Crippen molar-refractivity contribution in [2.75, 3.05) is 38.5 Å². The molecule has 0 radical (unpaired) electrons. The number of fused-ring (bicyclic) bond motifs is 2. The quantitative estimate of drug-likeness (QED) is 0.517. The van der Waals surface area contributed by atoms with Gasteiger partial charge in [0.15, 0.2) is 11.6 Å². The molecule has 0 spiro atoms. The first-order valence-electron chi connectivity index (χ1n) is 12.6. The standard InChI is InChI=1S/C27H34FN5O2/c1-17(34)15-32-10-7-18(8-11-32)19-5-6-20-13-24(31-23(20)12-19)27(35)33-9-3-4-21-14-30-26(29-2)25(28)22(21)16-33/h5-6,12-14,17-18,31,34H,3-4,7-11,15-16H2,1-2H3,(H,29,30)/t17-/m1/s1. The molecule has 1 saturated heterocycles. The van der Waals surface area contributed by atoms with Crippen LogP contribution in [0, 0.1) is 5.82 Å². The van der Waals surface area contributed by atoms with Crippen molar-refractivity contribution in [2.45, 2.75) is 51.2 Å². The van der Waals surface area contributed by atoms with E-state index in [4.69, 9.17) is 0 Å². The summed E-state index contributed by atoms with van der Waals surface area (Å²) >= 11 is 0. The number of amides is 1. The number of hydrogen-bond donors (Lipinski definition) is 3. The number of nitrogens with one attached hydrogen (secondary N) is 2. The minimum Gasteiger partial charge on any atom is -0.392 e. The first-order chi connectivity index (χ1) is 16.9. The zero-order valence-electron chi connectivity index (χ0n) is 20.5.